The lowest BCUT2D eigenvalue weighted by Gasteiger charge is -2.13. The molecule has 21 heavy (non-hydrogen) atoms. The molecule has 0 fully saturated rings. The van der Waals surface area contributed by atoms with Crippen molar-refractivity contribution in [1.29, 1.82) is 0 Å². The zero-order chi connectivity index (χ0) is 15.8. The molecule has 8 nitrogen and oxygen atoms in total. The summed E-state index contributed by atoms with van der Waals surface area (Å²) >= 11 is 0. The molecule has 0 saturated carbocycles. The number of hydrogen-bond acceptors (Lipinski definition) is 7. The lowest BCUT2D eigenvalue weighted by Crippen LogP contribution is -2.18. The molecule has 1 atom stereocenters. The zero-order valence-corrected chi connectivity index (χ0v) is 12.3. The Bertz CT molecular complexity index is 480. The maximum Gasteiger partial charge on any atom is 0.296 e. The Balaban J connectivity index is 2.86. The van der Waals surface area contributed by atoms with Gasteiger partial charge in [-0.3, -0.25) is 10.1 Å². The maximum atomic E-state index is 11.1. The molecule has 0 aliphatic rings. The number of hydrogen-bond donors (Lipinski definition) is 2. The van der Waals surface area contributed by atoms with Crippen molar-refractivity contribution in [3.63, 3.8) is 0 Å². The highest BCUT2D eigenvalue weighted by Gasteiger charge is 2.19. The van der Waals surface area contributed by atoms with Gasteiger partial charge in [-0.1, -0.05) is 0 Å². The number of ether oxygens (including phenoxy) is 3. The molecule has 1 unspecified atom stereocenters. The Morgan fingerprint density at radius 2 is 1.90 bits per heavy atom. The molecule has 0 amide bonds. The predicted molar refractivity (Wildman–Crippen MR) is 77.2 cm³/mol. The van der Waals surface area contributed by atoms with E-state index < -0.39 is 11.0 Å². The largest absolute Gasteiger partial charge is 0.493 e. The quantitative estimate of drug-likeness (QED) is 0.525. The van der Waals surface area contributed by atoms with Crippen LogP contribution in [0, 0.1) is 10.1 Å². The summed E-state index contributed by atoms with van der Waals surface area (Å²) in [6.45, 7) is 0.580. The minimum absolute atomic E-state index is 0.117. The minimum Gasteiger partial charge on any atom is -0.493 e. The second kappa shape index (κ2) is 8.28. The van der Waals surface area contributed by atoms with E-state index in [1.54, 1.807) is 0 Å². The third-order valence-electron chi connectivity index (χ3n) is 2.85. The van der Waals surface area contributed by atoms with Crippen LogP contribution >= 0.6 is 0 Å². The molecule has 2 N–H and O–H groups in total. The molecular formula is C13H20N2O6. The number of aliphatic hydroxyl groups is 1. The summed E-state index contributed by atoms with van der Waals surface area (Å²) in [6.07, 6.45) is -0.221. The first-order valence-corrected chi connectivity index (χ1v) is 6.34. The molecule has 1 aromatic rings. The van der Waals surface area contributed by atoms with Crippen LogP contribution in [0.1, 0.15) is 6.42 Å². The summed E-state index contributed by atoms with van der Waals surface area (Å²) in [6, 6.07) is 2.80. The van der Waals surface area contributed by atoms with Crippen LogP contribution in [0.4, 0.5) is 11.4 Å². The fourth-order valence-corrected chi connectivity index (χ4v) is 1.81. The van der Waals surface area contributed by atoms with E-state index in [-0.39, 0.29) is 18.0 Å². The van der Waals surface area contributed by atoms with Crippen LogP contribution in [-0.4, -0.2) is 50.6 Å². The fraction of sp³-hybridized carbons (Fsp3) is 0.538. The zero-order valence-electron chi connectivity index (χ0n) is 12.3. The van der Waals surface area contributed by atoms with Gasteiger partial charge < -0.3 is 24.6 Å². The third kappa shape index (κ3) is 4.76. The van der Waals surface area contributed by atoms with E-state index in [0.29, 0.717) is 24.4 Å². The number of benzene rings is 1. The minimum atomic E-state index is -0.623. The van der Waals surface area contributed by atoms with Crippen LogP contribution in [0.2, 0.25) is 0 Å². The van der Waals surface area contributed by atoms with E-state index in [0.717, 1.165) is 0 Å². The van der Waals surface area contributed by atoms with Gasteiger partial charge in [0, 0.05) is 19.7 Å². The first-order chi connectivity index (χ1) is 10.0. The van der Waals surface area contributed by atoms with E-state index in [1.165, 1.54) is 33.5 Å². The van der Waals surface area contributed by atoms with Gasteiger partial charge in [0.2, 0.25) is 0 Å². The lowest BCUT2D eigenvalue weighted by atomic mass is 10.2. The summed E-state index contributed by atoms with van der Waals surface area (Å²) in [5.74, 6) is 0.678. The molecule has 1 aromatic carbocycles. The van der Waals surface area contributed by atoms with Gasteiger partial charge in [0.1, 0.15) is 5.69 Å². The molecule has 0 aliphatic heterocycles. The van der Waals surface area contributed by atoms with Gasteiger partial charge in [-0.05, 0) is 6.42 Å². The van der Waals surface area contributed by atoms with Crippen LogP contribution in [0.15, 0.2) is 12.1 Å². The molecule has 0 saturated heterocycles. The van der Waals surface area contributed by atoms with E-state index in [1.807, 2.05) is 0 Å². The summed E-state index contributed by atoms with van der Waals surface area (Å²) < 4.78 is 15.0. The van der Waals surface area contributed by atoms with E-state index >= 15 is 0 Å². The summed E-state index contributed by atoms with van der Waals surface area (Å²) in [4.78, 5) is 10.6. The van der Waals surface area contributed by atoms with Gasteiger partial charge in [0.05, 0.1) is 37.9 Å². The van der Waals surface area contributed by atoms with Gasteiger partial charge in [-0.25, -0.2) is 0 Å². The Kier molecular flexibility index (Phi) is 6.70. The first-order valence-electron chi connectivity index (χ1n) is 6.34. The highest BCUT2D eigenvalue weighted by atomic mass is 16.6. The Morgan fingerprint density at radius 3 is 2.43 bits per heavy atom. The topological polar surface area (TPSA) is 103 Å². The number of nitrogens with one attached hydrogen (secondary N) is 1. The van der Waals surface area contributed by atoms with E-state index in [4.69, 9.17) is 14.2 Å². The van der Waals surface area contributed by atoms with Gasteiger partial charge in [0.15, 0.2) is 11.5 Å². The first kappa shape index (κ1) is 17.0. The van der Waals surface area contributed by atoms with Crippen molar-refractivity contribution in [3.05, 3.63) is 22.2 Å². The van der Waals surface area contributed by atoms with Crippen molar-refractivity contribution < 1.29 is 24.2 Å². The van der Waals surface area contributed by atoms with Crippen molar-refractivity contribution in [2.45, 2.75) is 12.5 Å². The summed E-state index contributed by atoms with van der Waals surface area (Å²) in [5.41, 5.74) is 0.191. The number of anilines is 1. The van der Waals surface area contributed by atoms with Crippen molar-refractivity contribution in [2.24, 2.45) is 0 Å². The van der Waals surface area contributed by atoms with Crippen LogP contribution in [0.25, 0.3) is 0 Å². The van der Waals surface area contributed by atoms with Crippen molar-refractivity contribution in [1.82, 2.24) is 0 Å². The molecule has 8 heteroatoms. The molecule has 0 bridgehead atoms. The van der Waals surface area contributed by atoms with E-state index in [9.17, 15) is 15.2 Å². The maximum absolute atomic E-state index is 11.1. The van der Waals surface area contributed by atoms with Crippen LogP contribution < -0.4 is 14.8 Å². The fourth-order valence-electron chi connectivity index (χ4n) is 1.81. The molecule has 118 valence electrons. The summed E-state index contributed by atoms with van der Waals surface area (Å²) in [5, 5.41) is 23.6. The number of methoxy groups -OCH3 is 3. The highest BCUT2D eigenvalue weighted by Crippen LogP contribution is 2.37. The van der Waals surface area contributed by atoms with Crippen molar-refractivity contribution >= 4 is 11.4 Å². The Hall–Kier alpha value is -2.06. The predicted octanol–water partition coefficient (Wildman–Crippen LogP) is 1.42. The Labute approximate surface area is 122 Å². The molecule has 0 spiro atoms. The van der Waals surface area contributed by atoms with Gasteiger partial charge in [0.25, 0.3) is 5.69 Å². The van der Waals surface area contributed by atoms with Crippen LogP contribution in [0.3, 0.4) is 0 Å². The number of nitro benzene ring substituents is 1. The number of nitrogens with zero attached hydrogens (tertiary/aromatic N) is 1. The molecule has 0 heterocycles. The third-order valence-corrected chi connectivity index (χ3v) is 2.85. The van der Waals surface area contributed by atoms with Crippen molar-refractivity contribution in [3.8, 4) is 11.5 Å². The van der Waals surface area contributed by atoms with Crippen molar-refractivity contribution in [2.75, 3.05) is 39.8 Å². The standard InChI is InChI=1S/C13H20N2O6/c1-19-8-9(16)4-5-14-10-6-12(20-2)13(21-3)7-11(10)15(17)18/h6-7,9,14,16H,4-5,8H2,1-3H3. The van der Waals surface area contributed by atoms with Crippen LogP contribution in [0.5, 0.6) is 11.5 Å². The summed E-state index contributed by atoms with van der Waals surface area (Å²) in [7, 11) is 4.36. The lowest BCUT2D eigenvalue weighted by molar-refractivity contribution is -0.384. The smallest absolute Gasteiger partial charge is 0.296 e. The number of aliphatic hydroxyl groups excluding tert-OH is 1. The molecule has 0 radical (unpaired) electrons. The molecular weight excluding hydrogens is 280 g/mol. The molecule has 1 rings (SSSR count). The molecule has 0 aliphatic carbocycles. The second-order valence-corrected chi connectivity index (χ2v) is 4.31. The number of rotatable bonds is 9. The van der Waals surface area contributed by atoms with E-state index in [2.05, 4.69) is 5.32 Å². The van der Waals surface area contributed by atoms with Gasteiger partial charge >= 0.3 is 0 Å². The number of nitro groups is 1. The SMILES string of the molecule is COCC(O)CCNc1cc(OC)c(OC)cc1[N+](=O)[O-]. The van der Waals surface area contributed by atoms with Crippen LogP contribution in [-0.2, 0) is 4.74 Å². The average Bonchev–Trinajstić information content (AvgIpc) is 2.46. The van der Waals surface area contributed by atoms with Gasteiger partial charge in [-0.15, -0.1) is 0 Å². The van der Waals surface area contributed by atoms with Gasteiger partial charge in [-0.2, -0.15) is 0 Å². The Morgan fingerprint density at radius 1 is 1.29 bits per heavy atom. The molecule has 0 aromatic heterocycles. The monoisotopic (exact) mass is 300 g/mol. The average molecular weight is 300 g/mol. The second-order valence-electron chi connectivity index (χ2n) is 4.31. The normalized spacial score (nSPS) is 11.8. The highest BCUT2D eigenvalue weighted by molar-refractivity contribution is 5.68.